The molecule has 3 fully saturated rings. The van der Waals surface area contributed by atoms with E-state index in [0.29, 0.717) is 44.8 Å². The fourth-order valence-corrected chi connectivity index (χ4v) is 8.85. The predicted octanol–water partition coefficient (Wildman–Crippen LogP) is 5.85. The highest BCUT2D eigenvalue weighted by Crippen LogP contribution is 2.34. The zero-order valence-electron chi connectivity index (χ0n) is 35.0. The van der Waals surface area contributed by atoms with Crippen LogP contribution in [0.5, 0.6) is 0 Å². The highest BCUT2D eigenvalue weighted by atomic mass is 16.6. The minimum Gasteiger partial charge on any atom is -0.444 e. The number of amides is 6. The molecule has 2 N–H and O–H groups in total. The van der Waals surface area contributed by atoms with Crippen molar-refractivity contribution in [2.75, 3.05) is 38.0 Å². The lowest BCUT2D eigenvalue weighted by Gasteiger charge is -2.34. The fourth-order valence-electron chi connectivity index (χ4n) is 8.85. The first-order chi connectivity index (χ1) is 29.3. The minimum atomic E-state index is -0.997. The van der Waals surface area contributed by atoms with E-state index in [1.54, 1.807) is 29.3 Å². The van der Waals surface area contributed by atoms with E-state index in [0.717, 1.165) is 77.7 Å². The Hall–Kier alpha value is -6.19. The van der Waals surface area contributed by atoms with Crippen LogP contribution in [0.4, 0.5) is 10.5 Å². The standard InChI is InChI=1S/C45H53N9O7/c1-45(2,3)61-44(60)52-20-8-9-28(26-52)32-10-7-11-35-40(32)49-36(25-47-35)29-24-48-53(27-29)31-17-21-51(22-18-31)39(56)12-5-4-6-19-46-30-13-14-33-34(23-30)43(59)54(42(33)58)37-15-16-38(55)50-41(37)57/h7,10-11,13-14,23-25,27-28,31,37,46H,4-6,8-9,12,15-22,26H2,1-3H3,(H,50,55,57). The van der Waals surface area contributed by atoms with Crippen molar-refractivity contribution in [2.45, 2.75) is 109 Å². The maximum atomic E-state index is 13.1. The van der Waals surface area contributed by atoms with Gasteiger partial charge in [-0.15, -0.1) is 0 Å². The van der Waals surface area contributed by atoms with Crippen LogP contribution in [0.2, 0.25) is 0 Å². The molecule has 0 spiro atoms. The SMILES string of the molecule is CC(C)(C)OC(=O)N1CCCC(c2cccc3ncc(-c4cnn(C5CCN(C(=O)CCCCCNc6ccc7c(c6)C(=O)N(C6CCC(=O)NC6=O)C7=O)CC5)c4)nc23)C1. The van der Waals surface area contributed by atoms with Crippen molar-refractivity contribution in [1.82, 2.24) is 39.8 Å². The van der Waals surface area contributed by atoms with Gasteiger partial charge in [0, 0.05) is 68.9 Å². The van der Waals surface area contributed by atoms with E-state index in [1.807, 2.05) is 54.9 Å². The number of hydrogen-bond acceptors (Lipinski definition) is 11. The Morgan fingerprint density at radius 3 is 2.49 bits per heavy atom. The van der Waals surface area contributed by atoms with Crippen molar-refractivity contribution in [3.05, 3.63) is 71.7 Å². The summed E-state index contributed by atoms with van der Waals surface area (Å²) in [6, 6.07) is 10.2. The van der Waals surface area contributed by atoms with E-state index in [2.05, 4.69) is 16.7 Å². The summed E-state index contributed by atoms with van der Waals surface area (Å²) in [5, 5.41) is 10.2. The molecule has 2 aromatic carbocycles. The number of nitrogens with zero attached hydrogens (tertiary/aromatic N) is 7. The molecular formula is C45H53N9O7. The number of carbonyl (C=O) groups is 6. The van der Waals surface area contributed by atoms with Crippen LogP contribution >= 0.6 is 0 Å². The largest absolute Gasteiger partial charge is 0.444 e. The van der Waals surface area contributed by atoms with Gasteiger partial charge in [-0.2, -0.15) is 5.10 Å². The van der Waals surface area contributed by atoms with Gasteiger partial charge in [0.2, 0.25) is 17.7 Å². The summed E-state index contributed by atoms with van der Waals surface area (Å²) < 4.78 is 7.66. The number of ether oxygens (including phenoxy) is 1. The zero-order valence-corrected chi connectivity index (χ0v) is 35.0. The molecule has 0 saturated carbocycles. The van der Waals surface area contributed by atoms with Gasteiger partial charge in [0.25, 0.3) is 11.8 Å². The van der Waals surface area contributed by atoms with Gasteiger partial charge in [0.1, 0.15) is 11.6 Å². The molecule has 320 valence electrons. The highest BCUT2D eigenvalue weighted by Gasteiger charge is 2.44. The molecule has 0 radical (unpaired) electrons. The molecular weight excluding hydrogens is 779 g/mol. The summed E-state index contributed by atoms with van der Waals surface area (Å²) in [6.07, 6.45) is 11.9. The summed E-state index contributed by atoms with van der Waals surface area (Å²) in [6.45, 7) is 8.86. The van der Waals surface area contributed by atoms with Gasteiger partial charge in [-0.25, -0.2) is 9.78 Å². The predicted molar refractivity (Wildman–Crippen MR) is 225 cm³/mol. The third-order valence-electron chi connectivity index (χ3n) is 12.0. The smallest absolute Gasteiger partial charge is 0.410 e. The van der Waals surface area contributed by atoms with Gasteiger partial charge in [-0.3, -0.25) is 43.9 Å². The Labute approximate surface area is 354 Å². The summed E-state index contributed by atoms with van der Waals surface area (Å²) in [5.41, 5.74) is 4.98. The number of piperidine rings is 3. The van der Waals surface area contributed by atoms with Crippen LogP contribution in [0.25, 0.3) is 22.3 Å². The number of hydrogen-bond donors (Lipinski definition) is 2. The lowest BCUT2D eigenvalue weighted by Crippen LogP contribution is -2.54. The summed E-state index contributed by atoms with van der Waals surface area (Å²) in [7, 11) is 0. The summed E-state index contributed by atoms with van der Waals surface area (Å²) >= 11 is 0. The first-order valence-corrected chi connectivity index (χ1v) is 21.5. The third-order valence-corrected chi connectivity index (χ3v) is 12.0. The number of likely N-dealkylation sites (tertiary alicyclic amines) is 2. The highest BCUT2D eigenvalue weighted by molar-refractivity contribution is 6.23. The second-order valence-electron chi connectivity index (χ2n) is 17.5. The van der Waals surface area contributed by atoms with E-state index in [1.165, 1.54) is 0 Å². The number of nitrogens with one attached hydrogen (secondary N) is 2. The van der Waals surface area contributed by atoms with Crippen LogP contribution in [-0.2, 0) is 19.1 Å². The Bertz CT molecular complexity index is 2360. The number of fused-ring (bicyclic) bond motifs is 2. The van der Waals surface area contributed by atoms with Crippen LogP contribution < -0.4 is 10.6 Å². The van der Waals surface area contributed by atoms with E-state index < -0.39 is 35.3 Å². The molecule has 4 aliphatic heterocycles. The number of rotatable bonds is 11. The molecule has 16 nitrogen and oxygen atoms in total. The first-order valence-electron chi connectivity index (χ1n) is 21.5. The van der Waals surface area contributed by atoms with Crippen molar-refractivity contribution >= 4 is 52.3 Å². The molecule has 6 amide bonds. The number of para-hydroxylation sites is 1. The fraction of sp³-hybridized carbons (Fsp3) is 0.489. The second-order valence-corrected chi connectivity index (χ2v) is 17.5. The minimum absolute atomic E-state index is 0.0723. The van der Waals surface area contributed by atoms with E-state index in [-0.39, 0.29) is 47.9 Å². The first kappa shape index (κ1) is 41.5. The van der Waals surface area contributed by atoms with Gasteiger partial charge >= 0.3 is 6.09 Å². The van der Waals surface area contributed by atoms with Crippen molar-refractivity contribution < 1.29 is 33.5 Å². The average molecular weight is 832 g/mol. The van der Waals surface area contributed by atoms with Crippen LogP contribution in [0.3, 0.4) is 0 Å². The Morgan fingerprint density at radius 2 is 1.70 bits per heavy atom. The normalized spacial score (nSPS) is 20.0. The number of unbranched alkanes of at least 4 members (excludes halogenated alkanes) is 2. The van der Waals surface area contributed by atoms with Crippen LogP contribution in [0.1, 0.15) is 123 Å². The molecule has 6 heterocycles. The topological polar surface area (TPSA) is 189 Å². The third kappa shape index (κ3) is 9.13. The van der Waals surface area contributed by atoms with Gasteiger partial charge in [0.15, 0.2) is 0 Å². The Kier molecular flexibility index (Phi) is 11.9. The number of imide groups is 2. The van der Waals surface area contributed by atoms with Crippen LogP contribution in [0, 0.1) is 0 Å². The molecule has 8 rings (SSSR count). The molecule has 61 heavy (non-hydrogen) atoms. The molecule has 0 aliphatic carbocycles. The summed E-state index contributed by atoms with van der Waals surface area (Å²) in [5.74, 6) is -1.83. The monoisotopic (exact) mass is 831 g/mol. The number of aromatic nitrogens is 4. The van der Waals surface area contributed by atoms with Crippen LogP contribution in [0.15, 0.2) is 55.0 Å². The second kappa shape index (κ2) is 17.4. The van der Waals surface area contributed by atoms with Crippen molar-refractivity contribution in [1.29, 1.82) is 0 Å². The lowest BCUT2D eigenvalue weighted by molar-refractivity contribution is -0.136. The van der Waals surface area contributed by atoms with Gasteiger partial charge in [-0.05, 0) is 95.5 Å². The number of anilines is 1. The average Bonchev–Trinajstić information content (AvgIpc) is 3.84. The van der Waals surface area contributed by atoms with Crippen LogP contribution in [-0.4, -0.2) is 114 Å². The Morgan fingerprint density at radius 1 is 0.902 bits per heavy atom. The van der Waals surface area contributed by atoms with Crippen molar-refractivity contribution in [2.24, 2.45) is 0 Å². The molecule has 4 aromatic rings. The molecule has 2 unspecified atom stereocenters. The van der Waals surface area contributed by atoms with Gasteiger partial charge in [-0.1, -0.05) is 18.6 Å². The van der Waals surface area contributed by atoms with E-state index in [4.69, 9.17) is 19.8 Å². The molecule has 16 heteroatoms. The molecule has 4 aliphatic rings. The van der Waals surface area contributed by atoms with Gasteiger partial charge < -0.3 is 19.9 Å². The Balaban J connectivity index is 0.782. The quantitative estimate of drug-likeness (QED) is 0.136. The molecule has 0 bridgehead atoms. The van der Waals surface area contributed by atoms with E-state index >= 15 is 0 Å². The molecule has 3 saturated heterocycles. The van der Waals surface area contributed by atoms with Gasteiger partial charge in [0.05, 0.1) is 46.3 Å². The number of benzene rings is 2. The van der Waals surface area contributed by atoms with Crippen molar-refractivity contribution in [3.8, 4) is 11.3 Å². The van der Waals surface area contributed by atoms with E-state index in [9.17, 15) is 28.8 Å². The molecule has 2 atom stereocenters. The lowest BCUT2D eigenvalue weighted by atomic mass is 9.89. The van der Waals surface area contributed by atoms with Crippen molar-refractivity contribution in [3.63, 3.8) is 0 Å². The maximum Gasteiger partial charge on any atom is 0.410 e. The number of carbonyl (C=O) groups excluding carboxylic acids is 6. The summed E-state index contributed by atoms with van der Waals surface area (Å²) in [4.78, 5) is 90.6. The maximum absolute atomic E-state index is 13.1. The zero-order chi connectivity index (χ0) is 42.8. The molecule has 2 aromatic heterocycles.